The number of piperazine rings is 1. The van der Waals surface area contributed by atoms with E-state index in [1.165, 1.54) is 28.6 Å². The Bertz CT molecular complexity index is 969. The Balaban J connectivity index is 1.62. The highest BCUT2D eigenvalue weighted by atomic mass is 32.2. The zero-order valence-electron chi connectivity index (χ0n) is 16.8. The van der Waals surface area contributed by atoms with E-state index >= 15 is 0 Å². The van der Waals surface area contributed by atoms with Gasteiger partial charge in [-0.3, -0.25) is 4.79 Å². The standard InChI is InChI=1S/C21H24F2N2O4S/c1-15(2)16-5-9-19(10-6-16)30(27,28)25-13-11-24(12-14-25)20(26)17-3-7-18(8-4-17)29-21(22)23/h3-10,15,21H,11-14H2,1-2H3. The second-order valence-electron chi connectivity index (χ2n) is 7.32. The van der Waals surface area contributed by atoms with Crippen molar-refractivity contribution < 1.29 is 26.7 Å². The molecule has 0 unspecified atom stereocenters. The minimum atomic E-state index is -3.63. The van der Waals surface area contributed by atoms with Crippen LogP contribution in [0, 0.1) is 0 Å². The normalized spacial score (nSPS) is 15.6. The molecule has 1 fully saturated rings. The van der Waals surface area contributed by atoms with Crippen LogP contribution in [-0.4, -0.2) is 56.3 Å². The number of halogens is 2. The van der Waals surface area contributed by atoms with E-state index in [2.05, 4.69) is 4.74 Å². The predicted molar refractivity (Wildman–Crippen MR) is 108 cm³/mol. The van der Waals surface area contributed by atoms with Crippen LogP contribution in [0.2, 0.25) is 0 Å². The molecular weight excluding hydrogens is 414 g/mol. The first-order valence-corrected chi connectivity index (χ1v) is 11.1. The molecule has 162 valence electrons. The summed E-state index contributed by atoms with van der Waals surface area (Å²) in [4.78, 5) is 14.4. The van der Waals surface area contributed by atoms with Crippen LogP contribution in [-0.2, 0) is 10.0 Å². The van der Waals surface area contributed by atoms with E-state index in [9.17, 15) is 22.0 Å². The minimum Gasteiger partial charge on any atom is -0.435 e. The van der Waals surface area contributed by atoms with Gasteiger partial charge in [0.05, 0.1) is 4.90 Å². The summed E-state index contributed by atoms with van der Waals surface area (Å²) in [5.74, 6) is 0.00481. The molecule has 1 amide bonds. The summed E-state index contributed by atoms with van der Waals surface area (Å²) in [6, 6.07) is 12.3. The van der Waals surface area contributed by atoms with Gasteiger partial charge in [0.15, 0.2) is 0 Å². The summed E-state index contributed by atoms with van der Waals surface area (Å²) >= 11 is 0. The van der Waals surface area contributed by atoms with Crippen LogP contribution >= 0.6 is 0 Å². The van der Waals surface area contributed by atoms with Gasteiger partial charge in [-0.25, -0.2) is 8.42 Å². The third-order valence-corrected chi connectivity index (χ3v) is 6.95. The number of nitrogens with zero attached hydrogens (tertiary/aromatic N) is 2. The third-order valence-electron chi connectivity index (χ3n) is 5.04. The van der Waals surface area contributed by atoms with Gasteiger partial charge >= 0.3 is 6.61 Å². The SMILES string of the molecule is CC(C)c1ccc(S(=O)(=O)N2CCN(C(=O)c3ccc(OC(F)F)cc3)CC2)cc1. The number of ether oxygens (including phenoxy) is 1. The molecule has 2 aromatic carbocycles. The molecule has 3 rings (SSSR count). The minimum absolute atomic E-state index is 0.0269. The summed E-state index contributed by atoms with van der Waals surface area (Å²) in [5.41, 5.74) is 1.39. The van der Waals surface area contributed by atoms with E-state index in [0.717, 1.165) is 5.56 Å². The van der Waals surface area contributed by atoms with Gasteiger partial charge in [-0.1, -0.05) is 26.0 Å². The Morgan fingerprint density at radius 1 is 0.933 bits per heavy atom. The molecule has 2 aromatic rings. The van der Waals surface area contributed by atoms with Gasteiger partial charge in [-0.2, -0.15) is 13.1 Å². The van der Waals surface area contributed by atoms with Crippen LogP contribution in [0.5, 0.6) is 5.75 Å². The maximum absolute atomic E-state index is 12.9. The van der Waals surface area contributed by atoms with Crippen LogP contribution in [0.4, 0.5) is 8.78 Å². The predicted octanol–water partition coefficient (Wildman–Crippen LogP) is 3.56. The molecule has 6 nitrogen and oxygen atoms in total. The van der Waals surface area contributed by atoms with E-state index in [0.29, 0.717) is 11.5 Å². The van der Waals surface area contributed by atoms with E-state index < -0.39 is 16.6 Å². The van der Waals surface area contributed by atoms with Gasteiger partial charge in [-0.05, 0) is 47.9 Å². The fraction of sp³-hybridized carbons (Fsp3) is 0.381. The lowest BCUT2D eigenvalue weighted by Gasteiger charge is -2.34. The molecule has 0 radical (unpaired) electrons. The molecule has 1 heterocycles. The summed E-state index contributed by atoms with van der Waals surface area (Å²) in [5, 5.41) is 0. The molecule has 30 heavy (non-hydrogen) atoms. The molecule has 1 saturated heterocycles. The highest BCUT2D eigenvalue weighted by Gasteiger charge is 2.30. The molecule has 0 atom stereocenters. The Morgan fingerprint density at radius 2 is 1.50 bits per heavy atom. The second kappa shape index (κ2) is 9.09. The highest BCUT2D eigenvalue weighted by molar-refractivity contribution is 7.89. The number of carbonyl (C=O) groups is 1. The number of rotatable bonds is 6. The van der Waals surface area contributed by atoms with Crippen molar-refractivity contribution in [2.24, 2.45) is 0 Å². The zero-order chi connectivity index (χ0) is 21.9. The largest absolute Gasteiger partial charge is 0.435 e. The van der Waals surface area contributed by atoms with E-state index in [1.807, 2.05) is 26.0 Å². The van der Waals surface area contributed by atoms with Crippen molar-refractivity contribution in [1.29, 1.82) is 0 Å². The van der Waals surface area contributed by atoms with Crippen LogP contribution in [0.1, 0.15) is 35.7 Å². The lowest BCUT2D eigenvalue weighted by atomic mass is 10.0. The van der Waals surface area contributed by atoms with Crippen LogP contribution in [0.15, 0.2) is 53.4 Å². The maximum atomic E-state index is 12.9. The first-order valence-electron chi connectivity index (χ1n) is 9.63. The molecule has 0 aromatic heterocycles. The molecule has 0 N–H and O–H groups in total. The lowest BCUT2D eigenvalue weighted by Crippen LogP contribution is -2.50. The van der Waals surface area contributed by atoms with E-state index in [1.54, 1.807) is 17.0 Å². The Hall–Kier alpha value is -2.52. The van der Waals surface area contributed by atoms with Crippen molar-refractivity contribution >= 4 is 15.9 Å². The van der Waals surface area contributed by atoms with Crippen molar-refractivity contribution in [3.8, 4) is 5.75 Å². The fourth-order valence-electron chi connectivity index (χ4n) is 3.27. The van der Waals surface area contributed by atoms with Crippen LogP contribution in [0.3, 0.4) is 0 Å². The number of alkyl halides is 2. The average molecular weight is 438 g/mol. The molecule has 0 spiro atoms. The molecule has 9 heteroatoms. The monoisotopic (exact) mass is 438 g/mol. The van der Waals surface area contributed by atoms with Gasteiger partial charge in [-0.15, -0.1) is 0 Å². The average Bonchev–Trinajstić information content (AvgIpc) is 2.73. The fourth-order valence-corrected chi connectivity index (χ4v) is 4.69. The Kier molecular flexibility index (Phi) is 6.72. The summed E-state index contributed by atoms with van der Waals surface area (Å²) in [7, 11) is -3.63. The Labute approximate surface area is 175 Å². The van der Waals surface area contributed by atoms with Crippen LogP contribution in [0.25, 0.3) is 0 Å². The molecule has 0 aliphatic carbocycles. The van der Waals surface area contributed by atoms with Crippen molar-refractivity contribution in [1.82, 2.24) is 9.21 Å². The second-order valence-corrected chi connectivity index (χ2v) is 9.26. The first-order chi connectivity index (χ1) is 14.2. The lowest BCUT2D eigenvalue weighted by molar-refractivity contribution is -0.0498. The van der Waals surface area contributed by atoms with Gasteiger partial charge < -0.3 is 9.64 Å². The quantitative estimate of drug-likeness (QED) is 0.692. The van der Waals surface area contributed by atoms with Gasteiger partial charge in [0.25, 0.3) is 5.91 Å². The maximum Gasteiger partial charge on any atom is 0.387 e. The molecule has 1 aliphatic heterocycles. The number of amides is 1. The molecular formula is C21H24F2N2O4S. The highest BCUT2D eigenvalue weighted by Crippen LogP contribution is 2.22. The smallest absolute Gasteiger partial charge is 0.387 e. The zero-order valence-corrected chi connectivity index (χ0v) is 17.6. The number of benzene rings is 2. The third kappa shape index (κ3) is 4.96. The molecule has 0 saturated carbocycles. The van der Waals surface area contributed by atoms with Gasteiger partial charge in [0.1, 0.15) is 5.75 Å². The number of sulfonamides is 1. The number of carbonyl (C=O) groups excluding carboxylic acids is 1. The molecule has 0 bridgehead atoms. The van der Waals surface area contributed by atoms with Gasteiger partial charge in [0, 0.05) is 31.7 Å². The van der Waals surface area contributed by atoms with Crippen molar-refractivity contribution in [2.75, 3.05) is 26.2 Å². The topological polar surface area (TPSA) is 66.9 Å². The first kappa shape index (κ1) is 22.2. The molecule has 1 aliphatic rings. The van der Waals surface area contributed by atoms with Gasteiger partial charge in [0.2, 0.25) is 10.0 Å². The van der Waals surface area contributed by atoms with Crippen LogP contribution < -0.4 is 4.74 Å². The summed E-state index contributed by atoms with van der Waals surface area (Å²) < 4.78 is 55.9. The number of hydrogen-bond donors (Lipinski definition) is 0. The van der Waals surface area contributed by atoms with E-state index in [4.69, 9.17) is 0 Å². The summed E-state index contributed by atoms with van der Waals surface area (Å²) in [6.45, 7) is 2.02. The van der Waals surface area contributed by atoms with Crippen molar-refractivity contribution in [3.05, 3.63) is 59.7 Å². The van der Waals surface area contributed by atoms with Crippen molar-refractivity contribution in [3.63, 3.8) is 0 Å². The van der Waals surface area contributed by atoms with E-state index in [-0.39, 0.29) is 42.7 Å². The Morgan fingerprint density at radius 3 is 2.00 bits per heavy atom. The van der Waals surface area contributed by atoms with Crippen molar-refractivity contribution in [2.45, 2.75) is 31.3 Å². The number of hydrogen-bond acceptors (Lipinski definition) is 4. The summed E-state index contributed by atoms with van der Waals surface area (Å²) in [6.07, 6.45) is 0.